The minimum atomic E-state index is 0.684. The third-order valence-corrected chi connectivity index (χ3v) is 2.33. The van der Waals surface area contributed by atoms with Crippen LogP contribution in [0.4, 0.5) is 0 Å². The molecule has 0 saturated heterocycles. The average Bonchev–Trinajstić information content (AvgIpc) is 2.21. The van der Waals surface area contributed by atoms with E-state index in [0.717, 1.165) is 12.4 Å². The van der Waals surface area contributed by atoms with Gasteiger partial charge >= 0.3 is 0 Å². The highest BCUT2D eigenvalue weighted by Gasteiger charge is 2.03. The molecule has 1 heteroatoms. The minimum Gasteiger partial charge on any atom is -0.493 e. The Kier molecular flexibility index (Phi) is 4.37. The van der Waals surface area contributed by atoms with Crippen molar-refractivity contribution in [2.75, 3.05) is 6.61 Å². The Labute approximate surface area is 80.7 Å². The molecule has 0 aliphatic rings. The van der Waals surface area contributed by atoms with Crippen molar-refractivity contribution in [3.63, 3.8) is 0 Å². The van der Waals surface area contributed by atoms with Gasteiger partial charge in [0, 0.05) is 0 Å². The fourth-order valence-electron chi connectivity index (χ4n) is 1.21. The lowest BCUT2D eigenvalue weighted by atomic mass is 10.1. The molecule has 0 saturated carbocycles. The van der Waals surface area contributed by atoms with E-state index in [-0.39, 0.29) is 0 Å². The summed E-state index contributed by atoms with van der Waals surface area (Å²) in [5.74, 6) is 1.63. The highest BCUT2D eigenvalue weighted by Crippen LogP contribution is 2.13. The zero-order chi connectivity index (χ0) is 9.52. The van der Waals surface area contributed by atoms with Gasteiger partial charge in [0.15, 0.2) is 0 Å². The summed E-state index contributed by atoms with van der Waals surface area (Å²) in [4.78, 5) is 0. The van der Waals surface area contributed by atoms with Crippen molar-refractivity contribution < 1.29 is 4.74 Å². The first kappa shape index (κ1) is 10.1. The van der Waals surface area contributed by atoms with Gasteiger partial charge in [0.25, 0.3) is 0 Å². The summed E-state index contributed by atoms with van der Waals surface area (Å²) < 4.78 is 5.63. The molecule has 0 heterocycles. The van der Waals surface area contributed by atoms with Crippen LogP contribution in [0.15, 0.2) is 24.3 Å². The Balaban J connectivity index is 2.34. The number of benzene rings is 1. The summed E-state index contributed by atoms with van der Waals surface area (Å²) in [7, 11) is 0. The summed E-state index contributed by atoms with van der Waals surface area (Å²) in [6.45, 7) is 5.24. The molecule has 13 heavy (non-hydrogen) atoms. The van der Waals surface area contributed by atoms with Gasteiger partial charge in [0.05, 0.1) is 6.61 Å². The van der Waals surface area contributed by atoms with Crippen LogP contribution in [-0.4, -0.2) is 6.61 Å². The van der Waals surface area contributed by atoms with E-state index >= 15 is 0 Å². The lowest BCUT2D eigenvalue weighted by molar-refractivity contribution is 0.240. The molecular weight excluding hydrogens is 160 g/mol. The second-order valence-corrected chi connectivity index (χ2v) is 3.23. The summed E-state index contributed by atoms with van der Waals surface area (Å²) in [5, 5.41) is 0. The molecule has 0 fully saturated rings. The van der Waals surface area contributed by atoms with Crippen molar-refractivity contribution in [2.24, 2.45) is 5.92 Å². The predicted molar refractivity (Wildman–Crippen MR) is 54.8 cm³/mol. The van der Waals surface area contributed by atoms with Gasteiger partial charge in [-0.3, -0.25) is 0 Å². The van der Waals surface area contributed by atoms with E-state index in [1.165, 1.54) is 12.8 Å². The molecule has 0 aliphatic carbocycles. The number of ether oxygens (including phenoxy) is 1. The lowest BCUT2D eigenvalue weighted by Crippen LogP contribution is -2.09. The van der Waals surface area contributed by atoms with Crippen molar-refractivity contribution in [1.29, 1.82) is 0 Å². The van der Waals surface area contributed by atoms with E-state index < -0.39 is 0 Å². The maximum atomic E-state index is 5.63. The van der Waals surface area contributed by atoms with Crippen LogP contribution in [0.25, 0.3) is 0 Å². The first-order valence-corrected chi connectivity index (χ1v) is 4.95. The van der Waals surface area contributed by atoms with E-state index in [1.54, 1.807) is 0 Å². The standard InChI is InChI=1S/C12H17O/c1-3-11(4-2)10-13-12-8-6-5-7-9-12/h6-9,11H,3-4,10H2,1-2H3. The van der Waals surface area contributed by atoms with E-state index in [4.69, 9.17) is 4.74 Å². The smallest absolute Gasteiger partial charge is 0.119 e. The Bertz CT molecular complexity index is 214. The predicted octanol–water partition coefficient (Wildman–Crippen LogP) is 3.30. The fourth-order valence-corrected chi connectivity index (χ4v) is 1.21. The first-order chi connectivity index (χ1) is 6.36. The van der Waals surface area contributed by atoms with E-state index in [0.29, 0.717) is 5.92 Å². The Hall–Kier alpha value is -0.980. The molecule has 1 nitrogen and oxygen atoms in total. The molecule has 1 aromatic carbocycles. The Morgan fingerprint density at radius 1 is 1.23 bits per heavy atom. The summed E-state index contributed by atoms with van der Waals surface area (Å²) in [6, 6.07) is 10.6. The zero-order valence-electron chi connectivity index (χ0n) is 8.42. The summed E-state index contributed by atoms with van der Waals surface area (Å²) >= 11 is 0. The number of hydrogen-bond acceptors (Lipinski definition) is 1. The topological polar surface area (TPSA) is 9.23 Å². The molecule has 0 unspecified atom stereocenters. The van der Waals surface area contributed by atoms with Crippen LogP contribution in [0.3, 0.4) is 0 Å². The van der Waals surface area contributed by atoms with E-state index in [1.807, 2.05) is 24.3 Å². The molecule has 0 aromatic heterocycles. The van der Waals surface area contributed by atoms with Crippen LogP contribution in [0.1, 0.15) is 26.7 Å². The van der Waals surface area contributed by atoms with Gasteiger partial charge in [-0.25, -0.2) is 0 Å². The maximum absolute atomic E-state index is 5.63. The molecule has 0 N–H and O–H groups in total. The third kappa shape index (κ3) is 3.49. The van der Waals surface area contributed by atoms with Crippen molar-refractivity contribution >= 4 is 0 Å². The average molecular weight is 177 g/mol. The molecule has 1 rings (SSSR count). The van der Waals surface area contributed by atoms with Crippen molar-refractivity contribution in [3.05, 3.63) is 30.3 Å². The summed E-state index contributed by atoms with van der Waals surface area (Å²) in [5.41, 5.74) is 0. The maximum Gasteiger partial charge on any atom is 0.119 e. The quantitative estimate of drug-likeness (QED) is 0.670. The lowest BCUT2D eigenvalue weighted by Gasteiger charge is -2.13. The van der Waals surface area contributed by atoms with Gasteiger partial charge in [0.2, 0.25) is 0 Å². The SMILES string of the molecule is CCC(CC)COc1cc[c]cc1. The van der Waals surface area contributed by atoms with Gasteiger partial charge in [-0.1, -0.05) is 38.8 Å². The first-order valence-electron chi connectivity index (χ1n) is 4.95. The highest BCUT2D eigenvalue weighted by molar-refractivity contribution is 5.20. The van der Waals surface area contributed by atoms with Gasteiger partial charge in [-0.05, 0) is 24.1 Å². The van der Waals surface area contributed by atoms with Gasteiger partial charge < -0.3 is 4.74 Å². The van der Waals surface area contributed by atoms with Crippen LogP contribution >= 0.6 is 0 Å². The van der Waals surface area contributed by atoms with E-state index in [2.05, 4.69) is 19.9 Å². The molecule has 1 radical (unpaired) electrons. The molecule has 0 atom stereocenters. The molecule has 1 aromatic rings. The Morgan fingerprint density at radius 2 is 1.85 bits per heavy atom. The third-order valence-electron chi connectivity index (χ3n) is 2.33. The highest BCUT2D eigenvalue weighted by atomic mass is 16.5. The fraction of sp³-hybridized carbons (Fsp3) is 0.500. The zero-order valence-corrected chi connectivity index (χ0v) is 8.42. The summed E-state index contributed by atoms with van der Waals surface area (Å²) in [6.07, 6.45) is 2.38. The van der Waals surface area contributed by atoms with Crippen molar-refractivity contribution in [2.45, 2.75) is 26.7 Å². The molecule has 0 amide bonds. The van der Waals surface area contributed by atoms with Crippen LogP contribution in [0.2, 0.25) is 0 Å². The molecule has 0 spiro atoms. The monoisotopic (exact) mass is 177 g/mol. The van der Waals surface area contributed by atoms with Gasteiger partial charge in [0.1, 0.15) is 5.75 Å². The van der Waals surface area contributed by atoms with Crippen LogP contribution < -0.4 is 4.74 Å². The van der Waals surface area contributed by atoms with E-state index in [9.17, 15) is 0 Å². The number of hydrogen-bond donors (Lipinski definition) is 0. The van der Waals surface area contributed by atoms with Gasteiger partial charge in [-0.15, -0.1) is 0 Å². The number of rotatable bonds is 5. The van der Waals surface area contributed by atoms with Crippen molar-refractivity contribution in [1.82, 2.24) is 0 Å². The normalized spacial score (nSPS) is 10.4. The largest absolute Gasteiger partial charge is 0.493 e. The second kappa shape index (κ2) is 5.63. The molecule has 71 valence electrons. The second-order valence-electron chi connectivity index (χ2n) is 3.23. The van der Waals surface area contributed by atoms with Crippen LogP contribution in [0, 0.1) is 12.0 Å². The molecular formula is C12H17O. The van der Waals surface area contributed by atoms with Crippen LogP contribution in [0.5, 0.6) is 5.75 Å². The molecule has 0 bridgehead atoms. The Morgan fingerprint density at radius 3 is 2.38 bits per heavy atom. The van der Waals surface area contributed by atoms with Crippen LogP contribution in [-0.2, 0) is 0 Å². The minimum absolute atomic E-state index is 0.684. The van der Waals surface area contributed by atoms with Crippen molar-refractivity contribution in [3.8, 4) is 5.75 Å². The molecule has 0 aliphatic heterocycles. The van der Waals surface area contributed by atoms with Gasteiger partial charge in [-0.2, -0.15) is 0 Å².